The van der Waals surface area contributed by atoms with E-state index in [1.165, 1.54) is 24.2 Å². The molecule has 0 radical (unpaired) electrons. The van der Waals surface area contributed by atoms with E-state index in [-0.39, 0.29) is 18.6 Å². The molecule has 0 atom stereocenters. The number of rotatable bonds is 6. The molecule has 1 aliphatic carbocycles. The number of benzene rings is 1. The van der Waals surface area contributed by atoms with Crippen LogP contribution < -0.4 is 10.1 Å². The Hall–Kier alpha value is -1.92. The van der Waals surface area contributed by atoms with E-state index in [2.05, 4.69) is 10.3 Å². The van der Waals surface area contributed by atoms with Crippen molar-refractivity contribution in [2.45, 2.75) is 31.8 Å². The number of para-hydroxylation sites is 1. The number of hydrogen-bond acceptors (Lipinski definition) is 5. The van der Waals surface area contributed by atoms with E-state index in [0.29, 0.717) is 5.13 Å². The first-order chi connectivity index (χ1) is 11.3. The molecule has 1 aromatic heterocycles. The maximum absolute atomic E-state index is 11.9. The summed E-state index contributed by atoms with van der Waals surface area (Å²) in [6, 6.07) is 7.69. The highest BCUT2D eigenvalue weighted by atomic mass is 32.1. The third-order valence-corrected chi connectivity index (χ3v) is 4.64. The second-order valence-electron chi connectivity index (χ2n) is 5.50. The van der Waals surface area contributed by atoms with Gasteiger partial charge in [0, 0.05) is 10.9 Å². The van der Waals surface area contributed by atoms with Crippen LogP contribution in [0.5, 0.6) is 5.75 Å². The molecule has 0 spiro atoms. The maximum Gasteiger partial charge on any atom is 0.252 e. The van der Waals surface area contributed by atoms with Crippen molar-refractivity contribution in [2.24, 2.45) is 0 Å². The zero-order valence-electron chi connectivity index (χ0n) is 13.1. The highest BCUT2D eigenvalue weighted by molar-refractivity contribution is 7.14. The Labute approximate surface area is 139 Å². The number of hydrogen-bond donors (Lipinski definition) is 1. The summed E-state index contributed by atoms with van der Waals surface area (Å²) in [5.74, 6) is 0.609. The van der Waals surface area contributed by atoms with Crippen molar-refractivity contribution < 1.29 is 14.3 Å². The number of nitrogens with zero attached hydrogens (tertiary/aromatic N) is 1. The van der Waals surface area contributed by atoms with Crippen molar-refractivity contribution in [2.75, 3.05) is 19.0 Å². The summed E-state index contributed by atoms with van der Waals surface area (Å²) in [6.45, 7) is 0.0915. The molecule has 1 aliphatic rings. The molecule has 23 heavy (non-hydrogen) atoms. The van der Waals surface area contributed by atoms with Crippen LogP contribution in [-0.4, -0.2) is 30.7 Å². The van der Waals surface area contributed by atoms with Gasteiger partial charge in [0.2, 0.25) is 0 Å². The van der Waals surface area contributed by atoms with E-state index in [9.17, 15) is 4.79 Å². The molecule has 0 aliphatic heterocycles. The lowest BCUT2D eigenvalue weighted by Gasteiger charge is -2.10. The van der Waals surface area contributed by atoms with Gasteiger partial charge < -0.3 is 9.47 Å². The Morgan fingerprint density at radius 3 is 2.91 bits per heavy atom. The van der Waals surface area contributed by atoms with Gasteiger partial charge in [0.1, 0.15) is 12.4 Å². The lowest BCUT2D eigenvalue weighted by Crippen LogP contribution is -2.21. The van der Waals surface area contributed by atoms with E-state index in [4.69, 9.17) is 9.47 Å². The molecular weight excluding hydrogens is 312 g/mol. The van der Waals surface area contributed by atoms with Gasteiger partial charge in [0.05, 0.1) is 18.9 Å². The molecule has 6 heteroatoms. The number of carbonyl (C=O) groups is 1. The average Bonchev–Trinajstić information content (AvgIpc) is 3.24. The number of nitrogens with one attached hydrogen (secondary N) is 1. The van der Waals surface area contributed by atoms with Crippen molar-refractivity contribution in [3.05, 3.63) is 29.6 Å². The Morgan fingerprint density at radius 1 is 1.35 bits per heavy atom. The molecule has 0 saturated heterocycles. The standard InChI is InChI=1S/C17H20N2O3S/c1-21-15-9-5-4-8-13(15)14-11-23-17(18-14)19-16(20)10-22-12-6-2-3-7-12/h4-5,8-9,11-12H,2-3,6-7,10H2,1H3,(H,18,19,20). The monoisotopic (exact) mass is 332 g/mol. The van der Waals surface area contributed by atoms with Crippen molar-refractivity contribution in [3.63, 3.8) is 0 Å². The van der Waals surface area contributed by atoms with Crippen LogP contribution in [0.3, 0.4) is 0 Å². The van der Waals surface area contributed by atoms with E-state index in [1.807, 2.05) is 29.6 Å². The third-order valence-electron chi connectivity index (χ3n) is 3.89. The fourth-order valence-electron chi connectivity index (χ4n) is 2.72. The number of amides is 1. The predicted molar refractivity (Wildman–Crippen MR) is 90.9 cm³/mol. The minimum atomic E-state index is -0.155. The van der Waals surface area contributed by atoms with Crippen molar-refractivity contribution in [1.82, 2.24) is 4.98 Å². The Morgan fingerprint density at radius 2 is 2.13 bits per heavy atom. The summed E-state index contributed by atoms with van der Waals surface area (Å²) in [6.07, 6.45) is 4.74. The Balaban J connectivity index is 1.59. The molecule has 1 aromatic carbocycles. The number of anilines is 1. The summed E-state index contributed by atoms with van der Waals surface area (Å²) in [7, 11) is 1.63. The molecule has 2 aromatic rings. The van der Waals surface area contributed by atoms with E-state index in [1.54, 1.807) is 7.11 Å². The van der Waals surface area contributed by atoms with Crippen molar-refractivity contribution in [3.8, 4) is 17.0 Å². The minimum absolute atomic E-state index is 0.0915. The van der Waals surface area contributed by atoms with Gasteiger partial charge in [-0.3, -0.25) is 10.1 Å². The van der Waals surface area contributed by atoms with Gasteiger partial charge in [-0.25, -0.2) is 4.98 Å². The van der Waals surface area contributed by atoms with Gasteiger partial charge in [-0.05, 0) is 25.0 Å². The SMILES string of the molecule is COc1ccccc1-c1csc(NC(=O)COC2CCCC2)n1. The van der Waals surface area contributed by atoms with Gasteiger partial charge in [0.25, 0.3) is 5.91 Å². The molecule has 1 fully saturated rings. The number of thiazole rings is 1. The first-order valence-electron chi connectivity index (χ1n) is 7.76. The molecule has 1 saturated carbocycles. The molecular formula is C17H20N2O3S. The zero-order valence-corrected chi connectivity index (χ0v) is 13.9. The molecule has 0 unspecified atom stereocenters. The topological polar surface area (TPSA) is 60.5 Å². The van der Waals surface area contributed by atoms with Gasteiger partial charge in [0.15, 0.2) is 5.13 Å². The normalized spacial score (nSPS) is 14.8. The smallest absolute Gasteiger partial charge is 0.252 e. The van der Waals surface area contributed by atoms with E-state index < -0.39 is 0 Å². The number of carbonyl (C=O) groups excluding carboxylic acids is 1. The summed E-state index contributed by atoms with van der Waals surface area (Å²) in [5, 5.41) is 5.28. The number of aromatic nitrogens is 1. The van der Waals surface area contributed by atoms with Crippen LogP contribution in [0.1, 0.15) is 25.7 Å². The summed E-state index contributed by atoms with van der Waals surface area (Å²) in [4.78, 5) is 16.4. The summed E-state index contributed by atoms with van der Waals surface area (Å²) in [5.41, 5.74) is 1.70. The van der Waals surface area contributed by atoms with E-state index >= 15 is 0 Å². The van der Waals surface area contributed by atoms with Crippen LogP contribution in [0.15, 0.2) is 29.6 Å². The van der Waals surface area contributed by atoms with Crippen molar-refractivity contribution >= 4 is 22.4 Å². The minimum Gasteiger partial charge on any atom is -0.496 e. The molecule has 5 nitrogen and oxygen atoms in total. The first kappa shape index (κ1) is 16.0. The maximum atomic E-state index is 11.9. The second-order valence-corrected chi connectivity index (χ2v) is 6.36. The fourth-order valence-corrected chi connectivity index (χ4v) is 3.44. The molecule has 1 N–H and O–H groups in total. The van der Waals surface area contributed by atoms with Crippen LogP contribution in [0.4, 0.5) is 5.13 Å². The van der Waals surface area contributed by atoms with E-state index in [0.717, 1.165) is 29.8 Å². The molecule has 0 bridgehead atoms. The predicted octanol–water partition coefficient (Wildman–Crippen LogP) is 3.72. The lowest BCUT2D eigenvalue weighted by atomic mass is 10.1. The second kappa shape index (κ2) is 7.57. The van der Waals surface area contributed by atoms with Crippen LogP contribution >= 0.6 is 11.3 Å². The molecule has 3 rings (SSSR count). The molecule has 1 amide bonds. The quantitative estimate of drug-likeness (QED) is 0.876. The zero-order chi connectivity index (χ0) is 16.1. The largest absolute Gasteiger partial charge is 0.496 e. The fraction of sp³-hybridized carbons (Fsp3) is 0.412. The highest BCUT2D eigenvalue weighted by Gasteiger charge is 2.17. The van der Waals surface area contributed by atoms with Gasteiger partial charge in [-0.15, -0.1) is 11.3 Å². The van der Waals surface area contributed by atoms with Gasteiger partial charge in [-0.2, -0.15) is 0 Å². The molecule has 122 valence electrons. The first-order valence-corrected chi connectivity index (χ1v) is 8.64. The van der Waals surface area contributed by atoms with Crippen LogP contribution in [-0.2, 0) is 9.53 Å². The van der Waals surface area contributed by atoms with Crippen LogP contribution in [0, 0.1) is 0 Å². The van der Waals surface area contributed by atoms with Gasteiger partial charge in [-0.1, -0.05) is 25.0 Å². The number of ether oxygens (including phenoxy) is 2. The summed E-state index contributed by atoms with van der Waals surface area (Å²) < 4.78 is 11.0. The third kappa shape index (κ3) is 4.09. The van der Waals surface area contributed by atoms with Crippen LogP contribution in [0.25, 0.3) is 11.3 Å². The average molecular weight is 332 g/mol. The molecule has 1 heterocycles. The van der Waals surface area contributed by atoms with Crippen LogP contribution in [0.2, 0.25) is 0 Å². The highest BCUT2D eigenvalue weighted by Crippen LogP contribution is 2.31. The Kier molecular flexibility index (Phi) is 5.25. The van der Waals surface area contributed by atoms with Gasteiger partial charge >= 0.3 is 0 Å². The number of methoxy groups -OCH3 is 1. The lowest BCUT2D eigenvalue weighted by molar-refractivity contribution is -0.122. The summed E-state index contributed by atoms with van der Waals surface area (Å²) >= 11 is 1.40. The van der Waals surface area contributed by atoms with Crippen molar-refractivity contribution in [1.29, 1.82) is 0 Å². The Bertz CT molecular complexity index is 665.